The van der Waals surface area contributed by atoms with Crippen LogP contribution in [0.4, 0.5) is 5.82 Å². The molecule has 1 aliphatic carbocycles. The monoisotopic (exact) mass is 425 g/mol. The van der Waals surface area contributed by atoms with Gasteiger partial charge in [0.25, 0.3) is 5.91 Å². The van der Waals surface area contributed by atoms with Crippen molar-refractivity contribution in [3.63, 3.8) is 0 Å². The van der Waals surface area contributed by atoms with Gasteiger partial charge in [0.15, 0.2) is 5.82 Å². The molecule has 0 unspecified atom stereocenters. The molecule has 1 fully saturated rings. The summed E-state index contributed by atoms with van der Waals surface area (Å²) in [4.78, 5) is 26.2. The standard InChI is InChI=1S/C24H23N7O/c1-15(2)31-14-27-30-23(31)20-4-3-5-22(28-20)29-24(32)21-12-17(10-11-25-21)18-8-9-19(26-13-18)16-6-7-16/h3-5,8-16H,6-7H2,1-2H3,(H,28,29,32). The lowest BCUT2D eigenvalue weighted by Gasteiger charge is -2.11. The minimum Gasteiger partial charge on any atom is -0.310 e. The summed E-state index contributed by atoms with van der Waals surface area (Å²) in [5, 5.41) is 11.0. The molecule has 1 amide bonds. The number of nitrogens with one attached hydrogen (secondary N) is 1. The van der Waals surface area contributed by atoms with Gasteiger partial charge in [0, 0.05) is 35.6 Å². The van der Waals surface area contributed by atoms with Gasteiger partial charge in [-0.25, -0.2) is 4.98 Å². The van der Waals surface area contributed by atoms with E-state index in [1.54, 1.807) is 24.7 Å². The molecule has 4 aromatic heterocycles. The van der Waals surface area contributed by atoms with Crippen LogP contribution >= 0.6 is 0 Å². The Bertz CT molecular complexity index is 1260. The van der Waals surface area contributed by atoms with Crippen molar-refractivity contribution >= 4 is 11.7 Å². The molecular formula is C24H23N7O. The van der Waals surface area contributed by atoms with Crippen LogP contribution in [0.25, 0.3) is 22.6 Å². The molecule has 4 aromatic rings. The predicted molar refractivity (Wildman–Crippen MR) is 121 cm³/mol. The molecule has 0 saturated heterocycles. The summed E-state index contributed by atoms with van der Waals surface area (Å²) < 4.78 is 1.93. The summed E-state index contributed by atoms with van der Waals surface area (Å²) in [5.74, 6) is 1.36. The molecule has 0 aromatic carbocycles. The first-order valence-corrected chi connectivity index (χ1v) is 10.7. The smallest absolute Gasteiger partial charge is 0.275 e. The average Bonchev–Trinajstić information content (AvgIpc) is 3.55. The van der Waals surface area contributed by atoms with Crippen molar-refractivity contribution in [3.05, 3.63) is 72.6 Å². The number of carbonyl (C=O) groups is 1. The van der Waals surface area contributed by atoms with Crippen molar-refractivity contribution in [1.29, 1.82) is 0 Å². The van der Waals surface area contributed by atoms with Gasteiger partial charge in [-0.3, -0.25) is 14.8 Å². The van der Waals surface area contributed by atoms with Gasteiger partial charge in [0.05, 0.1) is 0 Å². The van der Waals surface area contributed by atoms with E-state index in [1.165, 1.54) is 12.8 Å². The van der Waals surface area contributed by atoms with Gasteiger partial charge >= 0.3 is 0 Å². The maximum Gasteiger partial charge on any atom is 0.275 e. The Hall–Kier alpha value is -3.94. The van der Waals surface area contributed by atoms with Gasteiger partial charge < -0.3 is 9.88 Å². The Morgan fingerprint density at radius 2 is 1.97 bits per heavy atom. The van der Waals surface area contributed by atoms with E-state index in [-0.39, 0.29) is 11.9 Å². The maximum absolute atomic E-state index is 12.9. The Morgan fingerprint density at radius 1 is 1.09 bits per heavy atom. The molecular weight excluding hydrogens is 402 g/mol. The van der Waals surface area contributed by atoms with E-state index in [1.807, 2.05) is 48.9 Å². The van der Waals surface area contributed by atoms with Crippen molar-refractivity contribution in [3.8, 4) is 22.6 Å². The molecule has 0 spiro atoms. The number of hydrogen-bond acceptors (Lipinski definition) is 6. The average molecular weight is 425 g/mol. The normalized spacial score (nSPS) is 13.3. The number of carbonyl (C=O) groups excluding carboxylic acids is 1. The number of amides is 1. The zero-order valence-electron chi connectivity index (χ0n) is 17.9. The highest BCUT2D eigenvalue weighted by molar-refractivity contribution is 6.03. The lowest BCUT2D eigenvalue weighted by Crippen LogP contribution is -2.15. The van der Waals surface area contributed by atoms with E-state index >= 15 is 0 Å². The van der Waals surface area contributed by atoms with Crippen molar-refractivity contribution in [2.75, 3.05) is 5.32 Å². The third kappa shape index (κ3) is 4.12. The molecule has 32 heavy (non-hydrogen) atoms. The first kappa shape index (κ1) is 20.0. The number of hydrogen-bond donors (Lipinski definition) is 1. The fraction of sp³-hybridized carbons (Fsp3) is 0.250. The lowest BCUT2D eigenvalue weighted by molar-refractivity contribution is 0.102. The highest BCUT2D eigenvalue weighted by atomic mass is 16.1. The third-order valence-corrected chi connectivity index (χ3v) is 5.46. The number of aromatic nitrogens is 6. The van der Waals surface area contributed by atoms with E-state index < -0.39 is 0 Å². The minimum atomic E-state index is -0.329. The molecule has 1 saturated carbocycles. The number of anilines is 1. The highest BCUT2D eigenvalue weighted by Gasteiger charge is 2.24. The van der Waals surface area contributed by atoms with Crippen molar-refractivity contribution in [2.45, 2.75) is 38.6 Å². The zero-order valence-corrected chi connectivity index (χ0v) is 17.9. The van der Waals surface area contributed by atoms with Gasteiger partial charge in [-0.2, -0.15) is 0 Å². The quantitative estimate of drug-likeness (QED) is 0.488. The van der Waals surface area contributed by atoms with Crippen LogP contribution in [0.5, 0.6) is 0 Å². The second kappa shape index (κ2) is 8.30. The summed E-state index contributed by atoms with van der Waals surface area (Å²) in [6, 6.07) is 13.4. The molecule has 0 atom stereocenters. The van der Waals surface area contributed by atoms with Crippen LogP contribution in [0.1, 0.15) is 54.8 Å². The molecule has 0 aliphatic heterocycles. The predicted octanol–water partition coefficient (Wildman–Crippen LogP) is 4.51. The van der Waals surface area contributed by atoms with Crippen molar-refractivity contribution < 1.29 is 4.79 Å². The third-order valence-electron chi connectivity index (χ3n) is 5.46. The van der Waals surface area contributed by atoms with Gasteiger partial charge in [0.2, 0.25) is 0 Å². The topological polar surface area (TPSA) is 98.5 Å². The van der Waals surface area contributed by atoms with Gasteiger partial charge in [0.1, 0.15) is 23.5 Å². The van der Waals surface area contributed by atoms with E-state index in [0.29, 0.717) is 28.9 Å². The lowest BCUT2D eigenvalue weighted by atomic mass is 10.1. The van der Waals surface area contributed by atoms with Gasteiger partial charge in [-0.05, 0) is 62.6 Å². The van der Waals surface area contributed by atoms with E-state index in [2.05, 4.69) is 36.5 Å². The van der Waals surface area contributed by atoms with Crippen LogP contribution in [0.3, 0.4) is 0 Å². The summed E-state index contributed by atoms with van der Waals surface area (Å²) >= 11 is 0. The fourth-order valence-electron chi connectivity index (χ4n) is 3.54. The van der Waals surface area contributed by atoms with E-state index in [9.17, 15) is 4.79 Å². The van der Waals surface area contributed by atoms with Crippen LogP contribution in [0.2, 0.25) is 0 Å². The molecule has 8 nitrogen and oxygen atoms in total. The number of nitrogens with zero attached hydrogens (tertiary/aromatic N) is 6. The molecule has 0 bridgehead atoms. The first-order chi connectivity index (χ1) is 15.6. The van der Waals surface area contributed by atoms with Crippen LogP contribution in [0.15, 0.2) is 61.2 Å². The van der Waals surface area contributed by atoms with Crippen LogP contribution < -0.4 is 5.32 Å². The van der Waals surface area contributed by atoms with Crippen LogP contribution in [0, 0.1) is 0 Å². The summed E-state index contributed by atoms with van der Waals surface area (Å²) in [5.41, 5.74) is 3.94. The van der Waals surface area contributed by atoms with Gasteiger partial charge in [-0.1, -0.05) is 12.1 Å². The largest absolute Gasteiger partial charge is 0.310 e. The summed E-state index contributed by atoms with van der Waals surface area (Å²) in [6.45, 7) is 4.10. The Balaban J connectivity index is 1.35. The van der Waals surface area contributed by atoms with Crippen molar-refractivity contribution in [2.24, 2.45) is 0 Å². The molecule has 0 radical (unpaired) electrons. The van der Waals surface area contributed by atoms with Gasteiger partial charge in [-0.15, -0.1) is 10.2 Å². The fourth-order valence-corrected chi connectivity index (χ4v) is 3.54. The summed E-state index contributed by atoms with van der Waals surface area (Å²) in [6.07, 6.45) is 7.61. The maximum atomic E-state index is 12.9. The highest BCUT2D eigenvalue weighted by Crippen LogP contribution is 2.39. The first-order valence-electron chi connectivity index (χ1n) is 10.7. The summed E-state index contributed by atoms with van der Waals surface area (Å²) in [7, 11) is 0. The second-order valence-electron chi connectivity index (χ2n) is 8.19. The van der Waals surface area contributed by atoms with Crippen LogP contribution in [-0.2, 0) is 0 Å². The Labute approximate surface area is 185 Å². The molecule has 5 rings (SSSR count). The number of pyridine rings is 3. The zero-order chi connectivity index (χ0) is 22.1. The molecule has 4 heterocycles. The molecule has 1 aliphatic rings. The molecule has 160 valence electrons. The van der Waals surface area contributed by atoms with E-state index in [4.69, 9.17) is 0 Å². The number of rotatable bonds is 6. The Morgan fingerprint density at radius 3 is 2.72 bits per heavy atom. The second-order valence-corrected chi connectivity index (χ2v) is 8.19. The van der Waals surface area contributed by atoms with Crippen molar-refractivity contribution in [1.82, 2.24) is 29.7 Å². The van der Waals surface area contributed by atoms with Crippen LogP contribution in [-0.4, -0.2) is 35.6 Å². The van der Waals surface area contributed by atoms with E-state index in [0.717, 1.165) is 16.8 Å². The molecule has 8 heteroatoms. The Kier molecular flexibility index (Phi) is 5.18. The molecule has 1 N–H and O–H groups in total. The minimum absolute atomic E-state index is 0.194. The SMILES string of the molecule is CC(C)n1cnnc1-c1cccc(NC(=O)c2cc(-c3ccc(C4CC4)nc3)ccn2)n1.